The fourth-order valence-corrected chi connectivity index (χ4v) is 2.17. The summed E-state index contributed by atoms with van der Waals surface area (Å²) in [6.45, 7) is 1.11. The van der Waals surface area contributed by atoms with Gasteiger partial charge in [-0.1, -0.05) is 23.7 Å². The van der Waals surface area contributed by atoms with E-state index in [1.54, 1.807) is 6.20 Å². The Balaban J connectivity index is 2.12. The first-order chi connectivity index (χ1) is 9.20. The molecule has 5 heteroatoms. The van der Waals surface area contributed by atoms with Crippen LogP contribution in [0.4, 0.5) is 0 Å². The Morgan fingerprint density at radius 3 is 2.84 bits per heavy atom. The summed E-state index contributed by atoms with van der Waals surface area (Å²) in [4.78, 5) is 4.27. The van der Waals surface area contributed by atoms with Crippen LogP contribution >= 0.6 is 27.5 Å². The van der Waals surface area contributed by atoms with Crippen LogP contribution < -0.4 is 10.1 Å². The molecule has 100 valence electrons. The van der Waals surface area contributed by atoms with E-state index in [4.69, 9.17) is 16.3 Å². The molecule has 1 aromatic carbocycles. The molecule has 0 radical (unpaired) electrons. The first-order valence-corrected chi connectivity index (χ1v) is 7.03. The van der Waals surface area contributed by atoms with Crippen molar-refractivity contribution < 1.29 is 4.74 Å². The summed E-state index contributed by atoms with van der Waals surface area (Å²) in [5.41, 5.74) is 1.89. The van der Waals surface area contributed by atoms with E-state index in [9.17, 15) is 0 Å². The van der Waals surface area contributed by atoms with Gasteiger partial charge in [0.15, 0.2) is 0 Å². The standard InChI is InChI=1S/C14H14BrClN2O/c1-17-7-10-3-2-4-13(16)14(10)19-9-12-6-5-11(15)8-18-12/h2-6,8,17H,7,9H2,1H3. The molecule has 0 aliphatic carbocycles. The van der Waals surface area contributed by atoms with E-state index in [1.165, 1.54) is 0 Å². The van der Waals surface area contributed by atoms with Gasteiger partial charge < -0.3 is 10.1 Å². The molecule has 0 aliphatic heterocycles. The van der Waals surface area contributed by atoms with Crippen LogP contribution in [-0.2, 0) is 13.2 Å². The SMILES string of the molecule is CNCc1cccc(Cl)c1OCc1ccc(Br)cn1. The van der Waals surface area contributed by atoms with Gasteiger partial charge in [0.1, 0.15) is 12.4 Å². The molecule has 0 fully saturated rings. The second kappa shape index (κ2) is 6.89. The summed E-state index contributed by atoms with van der Waals surface area (Å²) in [5.74, 6) is 0.711. The molecule has 0 amide bonds. The average Bonchev–Trinajstić information content (AvgIpc) is 2.40. The number of nitrogens with zero attached hydrogens (tertiary/aromatic N) is 1. The number of hydrogen-bond donors (Lipinski definition) is 1. The quantitative estimate of drug-likeness (QED) is 0.898. The van der Waals surface area contributed by atoms with Gasteiger partial charge in [0, 0.05) is 22.8 Å². The number of pyridine rings is 1. The summed E-state index contributed by atoms with van der Waals surface area (Å²) in [6, 6.07) is 9.59. The van der Waals surface area contributed by atoms with Gasteiger partial charge in [-0.05, 0) is 41.2 Å². The minimum Gasteiger partial charge on any atom is -0.485 e. The number of rotatable bonds is 5. The lowest BCUT2D eigenvalue weighted by molar-refractivity contribution is 0.298. The molecular formula is C14H14BrClN2O. The van der Waals surface area contributed by atoms with Crippen LogP contribution in [-0.4, -0.2) is 12.0 Å². The number of nitrogens with one attached hydrogen (secondary N) is 1. The summed E-state index contributed by atoms with van der Waals surface area (Å²) >= 11 is 9.53. The van der Waals surface area contributed by atoms with Gasteiger partial charge in [-0.15, -0.1) is 0 Å². The topological polar surface area (TPSA) is 34.1 Å². The zero-order valence-corrected chi connectivity index (χ0v) is 12.8. The Labute approximate surface area is 126 Å². The molecule has 0 unspecified atom stereocenters. The monoisotopic (exact) mass is 340 g/mol. The van der Waals surface area contributed by atoms with E-state index in [-0.39, 0.29) is 0 Å². The summed E-state index contributed by atoms with van der Waals surface area (Å²) in [7, 11) is 1.89. The molecule has 0 atom stereocenters. The summed E-state index contributed by atoms with van der Waals surface area (Å²) in [6.07, 6.45) is 1.75. The van der Waals surface area contributed by atoms with Crippen molar-refractivity contribution in [1.29, 1.82) is 0 Å². The van der Waals surface area contributed by atoms with Crippen molar-refractivity contribution in [2.45, 2.75) is 13.2 Å². The third-order valence-corrected chi connectivity index (χ3v) is 3.34. The molecule has 3 nitrogen and oxygen atoms in total. The molecule has 0 saturated heterocycles. The van der Waals surface area contributed by atoms with E-state index in [2.05, 4.69) is 26.2 Å². The molecular weight excluding hydrogens is 328 g/mol. The molecule has 2 rings (SSSR count). The zero-order valence-electron chi connectivity index (χ0n) is 10.5. The Kier molecular flexibility index (Phi) is 5.19. The van der Waals surface area contributed by atoms with Gasteiger partial charge in [-0.3, -0.25) is 4.98 Å². The molecule has 1 N–H and O–H groups in total. The Bertz CT molecular complexity index is 546. The van der Waals surface area contributed by atoms with Gasteiger partial charge in [0.05, 0.1) is 10.7 Å². The smallest absolute Gasteiger partial charge is 0.142 e. The fourth-order valence-electron chi connectivity index (χ4n) is 1.68. The fraction of sp³-hybridized carbons (Fsp3) is 0.214. The van der Waals surface area contributed by atoms with E-state index < -0.39 is 0 Å². The Hall–Kier alpha value is -1.10. The van der Waals surface area contributed by atoms with Crippen molar-refractivity contribution in [3.63, 3.8) is 0 Å². The minimum absolute atomic E-state index is 0.397. The summed E-state index contributed by atoms with van der Waals surface area (Å²) < 4.78 is 6.75. The van der Waals surface area contributed by atoms with Gasteiger partial charge >= 0.3 is 0 Å². The second-order valence-electron chi connectivity index (χ2n) is 4.01. The van der Waals surface area contributed by atoms with Crippen LogP contribution in [0.15, 0.2) is 41.0 Å². The van der Waals surface area contributed by atoms with Crippen LogP contribution in [0.25, 0.3) is 0 Å². The first-order valence-electron chi connectivity index (χ1n) is 5.86. The van der Waals surface area contributed by atoms with Gasteiger partial charge in [0.2, 0.25) is 0 Å². The zero-order chi connectivity index (χ0) is 13.7. The molecule has 0 saturated carbocycles. The predicted octanol–water partition coefficient (Wildman–Crippen LogP) is 3.80. The normalized spacial score (nSPS) is 10.5. The molecule has 2 aromatic rings. The molecule has 1 aromatic heterocycles. The third kappa shape index (κ3) is 3.93. The third-order valence-electron chi connectivity index (χ3n) is 2.57. The second-order valence-corrected chi connectivity index (χ2v) is 5.34. The van der Waals surface area contributed by atoms with Crippen LogP contribution in [0.3, 0.4) is 0 Å². The number of halogens is 2. The van der Waals surface area contributed by atoms with E-state index in [0.717, 1.165) is 15.7 Å². The molecule has 1 heterocycles. The molecule has 0 bridgehead atoms. The van der Waals surface area contributed by atoms with E-state index in [0.29, 0.717) is 23.9 Å². The van der Waals surface area contributed by atoms with Crippen LogP contribution in [0, 0.1) is 0 Å². The summed E-state index contributed by atoms with van der Waals surface area (Å²) in [5, 5.41) is 3.71. The highest BCUT2D eigenvalue weighted by Crippen LogP contribution is 2.29. The van der Waals surface area contributed by atoms with Crippen molar-refractivity contribution in [3.05, 3.63) is 57.3 Å². The van der Waals surface area contributed by atoms with Crippen LogP contribution in [0.1, 0.15) is 11.3 Å². The number of aromatic nitrogens is 1. The predicted molar refractivity (Wildman–Crippen MR) is 80.5 cm³/mol. The highest BCUT2D eigenvalue weighted by molar-refractivity contribution is 9.10. The van der Waals surface area contributed by atoms with Crippen molar-refractivity contribution in [2.24, 2.45) is 0 Å². The highest BCUT2D eigenvalue weighted by atomic mass is 79.9. The van der Waals surface area contributed by atoms with Crippen molar-refractivity contribution in [2.75, 3.05) is 7.05 Å². The molecule has 19 heavy (non-hydrogen) atoms. The van der Waals surface area contributed by atoms with Crippen molar-refractivity contribution in [1.82, 2.24) is 10.3 Å². The number of ether oxygens (including phenoxy) is 1. The highest BCUT2D eigenvalue weighted by Gasteiger charge is 2.08. The van der Waals surface area contributed by atoms with Crippen molar-refractivity contribution in [3.8, 4) is 5.75 Å². The van der Waals surface area contributed by atoms with Crippen LogP contribution in [0.2, 0.25) is 5.02 Å². The number of benzene rings is 1. The van der Waals surface area contributed by atoms with Crippen LogP contribution in [0.5, 0.6) is 5.75 Å². The molecule has 0 spiro atoms. The number of hydrogen-bond acceptors (Lipinski definition) is 3. The maximum absolute atomic E-state index is 6.18. The largest absolute Gasteiger partial charge is 0.485 e. The van der Waals surface area contributed by atoms with E-state index >= 15 is 0 Å². The van der Waals surface area contributed by atoms with Gasteiger partial charge in [-0.25, -0.2) is 0 Å². The van der Waals surface area contributed by atoms with Crippen molar-refractivity contribution >= 4 is 27.5 Å². The molecule has 0 aliphatic rings. The number of para-hydroxylation sites is 1. The Morgan fingerprint density at radius 1 is 1.32 bits per heavy atom. The van der Waals surface area contributed by atoms with Gasteiger partial charge in [-0.2, -0.15) is 0 Å². The van der Waals surface area contributed by atoms with Gasteiger partial charge in [0.25, 0.3) is 0 Å². The lowest BCUT2D eigenvalue weighted by Gasteiger charge is -2.12. The Morgan fingerprint density at radius 2 is 2.16 bits per heavy atom. The average molecular weight is 342 g/mol. The maximum Gasteiger partial charge on any atom is 0.142 e. The lowest BCUT2D eigenvalue weighted by Crippen LogP contribution is -2.08. The maximum atomic E-state index is 6.18. The van der Waals surface area contributed by atoms with E-state index in [1.807, 2.05) is 37.4 Å². The minimum atomic E-state index is 0.397. The lowest BCUT2D eigenvalue weighted by atomic mass is 10.2. The first kappa shape index (κ1) is 14.3.